The molecule has 0 heterocycles. The van der Waals surface area contributed by atoms with E-state index in [1.807, 2.05) is 12.1 Å². The summed E-state index contributed by atoms with van der Waals surface area (Å²) in [7, 11) is 0. The number of benzene rings is 1. The summed E-state index contributed by atoms with van der Waals surface area (Å²) in [5.41, 5.74) is 0. The van der Waals surface area contributed by atoms with Crippen LogP contribution in [0.5, 0.6) is 5.75 Å². The molecule has 0 spiro atoms. The molecule has 1 nitrogen and oxygen atoms in total. The van der Waals surface area contributed by atoms with Gasteiger partial charge in [0.25, 0.3) is 0 Å². The van der Waals surface area contributed by atoms with Crippen molar-refractivity contribution >= 4 is 24.2 Å². The van der Waals surface area contributed by atoms with Crippen LogP contribution in [0.15, 0.2) is 24.3 Å². The van der Waals surface area contributed by atoms with Crippen LogP contribution in [0.2, 0.25) is 5.02 Å². The molecule has 0 radical (unpaired) electrons. The fourth-order valence-corrected chi connectivity index (χ4v) is 0.912. The molecule has 1 aromatic rings. The standard InChI is InChI=1S/C8H9ClOS/c9-7-1-3-8(4-2-7)10-5-6-11/h1-4,11H,5-6H2. The topological polar surface area (TPSA) is 9.23 Å². The molecule has 60 valence electrons. The fourth-order valence-electron chi connectivity index (χ4n) is 0.694. The van der Waals surface area contributed by atoms with Gasteiger partial charge in [-0.3, -0.25) is 0 Å². The molecule has 0 aliphatic carbocycles. The van der Waals surface area contributed by atoms with Crippen LogP contribution >= 0.6 is 24.2 Å². The summed E-state index contributed by atoms with van der Waals surface area (Å²) in [6, 6.07) is 7.28. The van der Waals surface area contributed by atoms with E-state index < -0.39 is 0 Å². The van der Waals surface area contributed by atoms with Crippen molar-refractivity contribution in [1.82, 2.24) is 0 Å². The SMILES string of the molecule is SCCOc1ccc(Cl)cc1. The zero-order valence-electron chi connectivity index (χ0n) is 5.96. The lowest BCUT2D eigenvalue weighted by atomic mass is 10.3. The second-order valence-corrected chi connectivity index (χ2v) is 2.91. The van der Waals surface area contributed by atoms with Gasteiger partial charge in [0.05, 0.1) is 6.61 Å². The molecule has 0 atom stereocenters. The number of hydrogen-bond donors (Lipinski definition) is 1. The lowest BCUT2D eigenvalue weighted by molar-refractivity contribution is 0.344. The first-order valence-electron chi connectivity index (χ1n) is 3.32. The highest BCUT2D eigenvalue weighted by Crippen LogP contribution is 2.15. The third-order valence-corrected chi connectivity index (χ3v) is 1.61. The number of hydrogen-bond acceptors (Lipinski definition) is 2. The molecule has 0 aliphatic heterocycles. The van der Waals surface area contributed by atoms with Crippen molar-refractivity contribution in [1.29, 1.82) is 0 Å². The molecular formula is C8H9ClOS. The molecular weight excluding hydrogens is 180 g/mol. The maximum absolute atomic E-state index is 5.68. The Morgan fingerprint density at radius 1 is 1.27 bits per heavy atom. The minimum Gasteiger partial charge on any atom is -0.493 e. The van der Waals surface area contributed by atoms with Crippen LogP contribution in [0.3, 0.4) is 0 Å². The smallest absolute Gasteiger partial charge is 0.119 e. The second kappa shape index (κ2) is 4.52. The van der Waals surface area contributed by atoms with E-state index in [1.54, 1.807) is 12.1 Å². The van der Waals surface area contributed by atoms with Gasteiger partial charge in [0.2, 0.25) is 0 Å². The first kappa shape index (κ1) is 8.75. The number of thiol groups is 1. The largest absolute Gasteiger partial charge is 0.493 e. The molecule has 0 saturated carbocycles. The normalized spacial score (nSPS) is 9.64. The number of rotatable bonds is 3. The molecule has 0 bridgehead atoms. The zero-order chi connectivity index (χ0) is 8.10. The average Bonchev–Trinajstić information content (AvgIpc) is 2.04. The molecule has 0 amide bonds. The van der Waals surface area contributed by atoms with Crippen LogP contribution in [0, 0.1) is 0 Å². The fraction of sp³-hybridized carbons (Fsp3) is 0.250. The minimum absolute atomic E-state index is 0.630. The highest BCUT2D eigenvalue weighted by molar-refractivity contribution is 7.80. The van der Waals surface area contributed by atoms with Gasteiger partial charge in [-0.05, 0) is 24.3 Å². The Morgan fingerprint density at radius 3 is 2.45 bits per heavy atom. The summed E-state index contributed by atoms with van der Waals surface area (Å²) >= 11 is 9.70. The van der Waals surface area contributed by atoms with Crippen LogP contribution in [0.4, 0.5) is 0 Å². The summed E-state index contributed by atoms with van der Waals surface area (Å²) in [6.45, 7) is 0.630. The van der Waals surface area contributed by atoms with E-state index in [2.05, 4.69) is 12.6 Å². The summed E-state index contributed by atoms with van der Waals surface area (Å²) in [6.07, 6.45) is 0. The van der Waals surface area contributed by atoms with Crippen LogP contribution in [0.1, 0.15) is 0 Å². The van der Waals surface area contributed by atoms with Crippen molar-refractivity contribution in [2.75, 3.05) is 12.4 Å². The van der Waals surface area contributed by atoms with E-state index in [4.69, 9.17) is 16.3 Å². The number of ether oxygens (including phenoxy) is 1. The van der Waals surface area contributed by atoms with Crippen molar-refractivity contribution in [3.63, 3.8) is 0 Å². The Labute approximate surface area is 76.7 Å². The third kappa shape index (κ3) is 3.04. The van der Waals surface area contributed by atoms with Gasteiger partial charge in [-0.1, -0.05) is 11.6 Å². The van der Waals surface area contributed by atoms with Crippen molar-refractivity contribution in [3.05, 3.63) is 29.3 Å². The molecule has 1 rings (SSSR count). The average molecular weight is 189 g/mol. The second-order valence-electron chi connectivity index (χ2n) is 2.03. The quantitative estimate of drug-likeness (QED) is 0.718. The molecule has 11 heavy (non-hydrogen) atoms. The van der Waals surface area contributed by atoms with Gasteiger partial charge in [0.15, 0.2) is 0 Å². The van der Waals surface area contributed by atoms with Gasteiger partial charge in [-0.2, -0.15) is 12.6 Å². The molecule has 1 aromatic carbocycles. The first-order valence-corrected chi connectivity index (χ1v) is 4.33. The predicted molar refractivity (Wildman–Crippen MR) is 50.8 cm³/mol. The summed E-state index contributed by atoms with van der Waals surface area (Å²) < 4.78 is 5.28. The molecule has 0 saturated heterocycles. The van der Waals surface area contributed by atoms with E-state index >= 15 is 0 Å². The molecule has 0 unspecified atom stereocenters. The van der Waals surface area contributed by atoms with E-state index in [1.165, 1.54) is 0 Å². The Kier molecular flexibility index (Phi) is 3.60. The monoisotopic (exact) mass is 188 g/mol. The Balaban J connectivity index is 2.52. The van der Waals surface area contributed by atoms with Crippen LogP contribution in [-0.4, -0.2) is 12.4 Å². The Morgan fingerprint density at radius 2 is 1.91 bits per heavy atom. The van der Waals surface area contributed by atoms with Gasteiger partial charge in [-0.25, -0.2) is 0 Å². The molecule has 0 fully saturated rings. The summed E-state index contributed by atoms with van der Waals surface area (Å²) in [5, 5.41) is 0.725. The maximum atomic E-state index is 5.68. The lowest BCUT2D eigenvalue weighted by Crippen LogP contribution is -1.97. The summed E-state index contributed by atoms with van der Waals surface area (Å²) in [4.78, 5) is 0. The van der Waals surface area contributed by atoms with Gasteiger partial charge >= 0.3 is 0 Å². The third-order valence-electron chi connectivity index (χ3n) is 1.17. The van der Waals surface area contributed by atoms with E-state index in [0.29, 0.717) is 6.61 Å². The highest BCUT2D eigenvalue weighted by atomic mass is 35.5. The van der Waals surface area contributed by atoms with E-state index in [9.17, 15) is 0 Å². The highest BCUT2D eigenvalue weighted by Gasteiger charge is 1.90. The van der Waals surface area contributed by atoms with Crippen LogP contribution in [0.25, 0.3) is 0 Å². The molecule has 0 aliphatic rings. The molecule has 3 heteroatoms. The predicted octanol–water partition coefficient (Wildman–Crippen LogP) is 2.65. The van der Waals surface area contributed by atoms with Crippen LogP contribution in [-0.2, 0) is 0 Å². The van der Waals surface area contributed by atoms with Gasteiger partial charge in [0.1, 0.15) is 5.75 Å². The maximum Gasteiger partial charge on any atom is 0.119 e. The lowest BCUT2D eigenvalue weighted by Gasteiger charge is -2.02. The van der Waals surface area contributed by atoms with Gasteiger partial charge in [-0.15, -0.1) is 0 Å². The number of halogens is 1. The van der Waals surface area contributed by atoms with Crippen molar-refractivity contribution < 1.29 is 4.74 Å². The Hall–Kier alpha value is -0.340. The molecule has 0 N–H and O–H groups in total. The zero-order valence-corrected chi connectivity index (χ0v) is 7.61. The first-order chi connectivity index (χ1) is 5.33. The Bertz CT molecular complexity index is 210. The van der Waals surface area contributed by atoms with E-state index in [-0.39, 0.29) is 0 Å². The van der Waals surface area contributed by atoms with Crippen LogP contribution < -0.4 is 4.74 Å². The van der Waals surface area contributed by atoms with Crippen molar-refractivity contribution in [2.24, 2.45) is 0 Å². The van der Waals surface area contributed by atoms with Gasteiger partial charge < -0.3 is 4.74 Å². The van der Waals surface area contributed by atoms with E-state index in [0.717, 1.165) is 16.5 Å². The summed E-state index contributed by atoms with van der Waals surface area (Å²) in [5.74, 6) is 1.56. The minimum atomic E-state index is 0.630. The van der Waals surface area contributed by atoms with Crippen molar-refractivity contribution in [3.8, 4) is 5.75 Å². The molecule has 0 aromatic heterocycles. The van der Waals surface area contributed by atoms with Crippen molar-refractivity contribution in [2.45, 2.75) is 0 Å². The van der Waals surface area contributed by atoms with Gasteiger partial charge in [0, 0.05) is 10.8 Å².